The molecule has 1 aliphatic rings. The molecule has 0 aromatic heterocycles. The highest BCUT2D eigenvalue weighted by Crippen LogP contribution is 2.13. The molecule has 1 fully saturated rings. The lowest BCUT2D eigenvalue weighted by molar-refractivity contribution is 0.0946. The maximum atomic E-state index is 13.5. The zero-order chi connectivity index (χ0) is 13.7. The second kappa shape index (κ2) is 6.66. The van der Waals surface area contributed by atoms with Crippen molar-refractivity contribution in [2.45, 2.75) is 26.2 Å². The van der Waals surface area contributed by atoms with Crippen molar-refractivity contribution >= 4 is 5.91 Å². The molecular formula is C15H21FN2O. The zero-order valence-corrected chi connectivity index (χ0v) is 11.3. The molecule has 1 aromatic rings. The third kappa shape index (κ3) is 4.03. The van der Waals surface area contributed by atoms with E-state index in [1.165, 1.54) is 18.9 Å². The second-order valence-electron chi connectivity index (χ2n) is 5.24. The molecule has 104 valence electrons. The number of piperidine rings is 1. The average molecular weight is 264 g/mol. The number of carbonyl (C=O) groups is 1. The van der Waals surface area contributed by atoms with Gasteiger partial charge in [-0.2, -0.15) is 0 Å². The van der Waals surface area contributed by atoms with Crippen molar-refractivity contribution in [1.29, 1.82) is 0 Å². The molecule has 1 unspecified atom stereocenters. The first-order valence-electron chi connectivity index (χ1n) is 6.92. The Labute approximate surface area is 113 Å². The summed E-state index contributed by atoms with van der Waals surface area (Å²) < 4.78 is 13.5. The number of hydrogen-bond donors (Lipinski definition) is 2. The quantitative estimate of drug-likeness (QED) is 0.875. The molecule has 1 amide bonds. The van der Waals surface area contributed by atoms with Crippen LogP contribution in [0, 0.1) is 18.7 Å². The molecule has 0 spiro atoms. The SMILES string of the molecule is Cc1ccc(F)c(C(=O)NCCC2CCCNC2)c1. The molecule has 0 radical (unpaired) electrons. The lowest BCUT2D eigenvalue weighted by atomic mass is 9.96. The number of aryl methyl sites for hydroxylation is 1. The normalized spacial score (nSPS) is 19.2. The molecule has 0 saturated carbocycles. The van der Waals surface area contributed by atoms with Gasteiger partial charge >= 0.3 is 0 Å². The Bertz CT molecular complexity index is 442. The van der Waals surface area contributed by atoms with Crippen LogP contribution in [0.1, 0.15) is 35.2 Å². The van der Waals surface area contributed by atoms with Crippen LogP contribution in [0.2, 0.25) is 0 Å². The number of benzene rings is 1. The van der Waals surface area contributed by atoms with Gasteiger partial charge in [-0.1, -0.05) is 11.6 Å². The number of halogens is 1. The Morgan fingerprint density at radius 2 is 2.37 bits per heavy atom. The van der Waals surface area contributed by atoms with E-state index in [1.54, 1.807) is 12.1 Å². The molecule has 1 heterocycles. The van der Waals surface area contributed by atoms with Crippen molar-refractivity contribution in [2.24, 2.45) is 5.92 Å². The van der Waals surface area contributed by atoms with E-state index in [9.17, 15) is 9.18 Å². The highest BCUT2D eigenvalue weighted by molar-refractivity contribution is 5.94. The minimum atomic E-state index is -0.456. The van der Waals surface area contributed by atoms with E-state index >= 15 is 0 Å². The van der Waals surface area contributed by atoms with Crippen LogP contribution in [0.5, 0.6) is 0 Å². The summed E-state index contributed by atoms with van der Waals surface area (Å²) in [4.78, 5) is 11.9. The average Bonchev–Trinajstić information content (AvgIpc) is 2.42. The van der Waals surface area contributed by atoms with E-state index in [1.807, 2.05) is 6.92 Å². The minimum Gasteiger partial charge on any atom is -0.352 e. The molecule has 1 atom stereocenters. The number of amides is 1. The standard InChI is InChI=1S/C15H21FN2O/c1-11-4-5-14(16)13(9-11)15(19)18-8-6-12-3-2-7-17-10-12/h4-5,9,12,17H,2-3,6-8,10H2,1H3,(H,18,19). The van der Waals surface area contributed by atoms with Crippen molar-refractivity contribution in [1.82, 2.24) is 10.6 Å². The highest BCUT2D eigenvalue weighted by Gasteiger charge is 2.14. The maximum absolute atomic E-state index is 13.5. The summed E-state index contributed by atoms with van der Waals surface area (Å²) in [5.74, 6) is -0.149. The molecule has 1 aliphatic heterocycles. The second-order valence-corrected chi connectivity index (χ2v) is 5.24. The van der Waals surface area contributed by atoms with Crippen molar-refractivity contribution < 1.29 is 9.18 Å². The predicted molar refractivity (Wildman–Crippen MR) is 73.7 cm³/mol. The van der Waals surface area contributed by atoms with E-state index < -0.39 is 5.82 Å². The lowest BCUT2D eigenvalue weighted by Gasteiger charge is -2.22. The Balaban J connectivity index is 1.82. The van der Waals surface area contributed by atoms with Gasteiger partial charge in [-0.3, -0.25) is 4.79 Å². The molecular weight excluding hydrogens is 243 g/mol. The maximum Gasteiger partial charge on any atom is 0.254 e. The molecule has 4 heteroatoms. The van der Waals surface area contributed by atoms with E-state index in [0.717, 1.165) is 25.1 Å². The first kappa shape index (κ1) is 14.0. The predicted octanol–water partition coefficient (Wildman–Crippen LogP) is 2.25. The van der Waals surface area contributed by atoms with Crippen LogP contribution in [0.3, 0.4) is 0 Å². The van der Waals surface area contributed by atoms with Crippen LogP contribution in [0.4, 0.5) is 4.39 Å². The molecule has 0 bridgehead atoms. The Morgan fingerprint density at radius 1 is 1.53 bits per heavy atom. The van der Waals surface area contributed by atoms with Gasteiger partial charge in [0.2, 0.25) is 0 Å². The fourth-order valence-electron chi connectivity index (χ4n) is 2.47. The Hall–Kier alpha value is -1.42. The zero-order valence-electron chi connectivity index (χ0n) is 11.3. The van der Waals surface area contributed by atoms with Gasteiger partial charge in [-0.15, -0.1) is 0 Å². The molecule has 3 nitrogen and oxygen atoms in total. The number of nitrogens with one attached hydrogen (secondary N) is 2. The van der Waals surface area contributed by atoms with E-state index in [2.05, 4.69) is 10.6 Å². The van der Waals surface area contributed by atoms with Crippen LogP contribution < -0.4 is 10.6 Å². The molecule has 2 N–H and O–H groups in total. The van der Waals surface area contributed by atoms with Crippen LogP contribution in [-0.4, -0.2) is 25.5 Å². The topological polar surface area (TPSA) is 41.1 Å². The van der Waals surface area contributed by atoms with Gasteiger partial charge in [0.25, 0.3) is 5.91 Å². The highest BCUT2D eigenvalue weighted by atomic mass is 19.1. The number of rotatable bonds is 4. The summed E-state index contributed by atoms with van der Waals surface area (Å²) in [6.45, 7) is 4.58. The fourth-order valence-corrected chi connectivity index (χ4v) is 2.47. The third-order valence-corrected chi connectivity index (χ3v) is 3.60. The molecule has 1 saturated heterocycles. The molecule has 0 aliphatic carbocycles. The van der Waals surface area contributed by atoms with Crippen molar-refractivity contribution in [3.8, 4) is 0 Å². The van der Waals surface area contributed by atoms with E-state index in [0.29, 0.717) is 12.5 Å². The van der Waals surface area contributed by atoms with Gasteiger partial charge in [0.15, 0.2) is 0 Å². The summed E-state index contributed by atoms with van der Waals surface area (Å²) in [7, 11) is 0. The van der Waals surface area contributed by atoms with Crippen molar-refractivity contribution in [3.05, 3.63) is 35.1 Å². The molecule has 2 rings (SSSR count). The summed E-state index contributed by atoms with van der Waals surface area (Å²) in [6, 6.07) is 4.60. The van der Waals surface area contributed by atoms with Crippen LogP contribution in [0.15, 0.2) is 18.2 Å². The van der Waals surface area contributed by atoms with Gasteiger partial charge in [0.05, 0.1) is 5.56 Å². The largest absolute Gasteiger partial charge is 0.352 e. The van der Waals surface area contributed by atoms with Gasteiger partial charge in [0, 0.05) is 6.54 Å². The smallest absolute Gasteiger partial charge is 0.254 e. The summed E-state index contributed by atoms with van der Waals surface area (Å²) in [5, 5.41) is 6.16. The van der Waals surface area contributed by atoms with Gasteiger partial charge in [-0.25, -0.2) is 4.39 Å². The fraction of sp³-hybridized carbons (Fsp3) is 0.533. The van der Waals surface area contributed by atoms with Crippen LogP contribution in [-0.2, 0) is 0 Å². The third-order valence-electron chi connectivity index (χ3n) is 3.60. The number of hydrogen-bond acceptors (Lipinski definition) is 2. The Morgan fingerprint density at radius 3 is 3.11 bits per heavy atom. The van der Waals surface area contributed by atoms with Gasteiger partial charge in [-0.05, 0) is 57.3 Å². The monoisotopic (exact) mass is 264 g/mol. The number of carbonyl (C=O) groups excluding carboxylic acids is 1. The van der Waals surface area contributed by atoms with Gasteiger partial charge in [0.1, 0.15) is 5.82 Å². The first-order valence-corrected chi connectivity index (χ1v) is 6.92. The first-order chi connectivity index (χ1) is 9.16. The van der Waals surface area contributed by atoms with Crippen LogP contribution >= 0.6 is 0 Å². The van der Waals surface area contributed by atoms with E-state index in [-0.39, 0.29) is 11.5 Å². The van der Waals surface area contributed by atoms with E-state index in [4.69, 9.17) is 0 Å². The Kier molecular flexibility index (Phi) is 4.91. The van der Waals surface area contributed by atoms with Crippen molar-refractivity contribution in [3.63, 3.8) is 0 Å². The minimum absolute atomic E-state index is 0.141. The van der Waals surface area contributed by atoms with Crippen molar-refractivity contribution in [2.75, 3.05) is 19.6 Å². The molecule has 1 aromatic carbocycles. The summed E-state index contributed by atoms with van der Waals surface area (Å²) in [5.41, 5.74) is 1.03. The lowest BCUT2D eigenvalue weighted by Crippen LogP contribution is -2.33. The molecule has 19 heavy (non-hydrogen) atoms. The summed E-state index contributed by atoms with van der Waals surface area (Å²) in [6.07, 6.45) is 3.36. The van der Waals surface area contributed by atoms with Crippen LogP contribution in [0.25, 0.3) is 0 Å². The summed E-state index contributed by atoms with van der Waals surface area (Å²) >= 11 is 0. The van der Waals surface area contributed by atoms with Gasteiger partial charge < -0.3 is 10.6 Å².